The maximum atomic E-state index is 11.5. The number of phenolic OH excluding ortho intramolecular Hbond substituents is 1. The van der Waals surface area contributed by atoms with E-state index in [4.69, 9.17) is 0 Å². The number of carbonyl (C=O) groups is 2. The van der Waals surface area contributed by atoms with E-state index in [1.165, 1.54) is 42.5 Å². The average Bonchev–Trinajstić information content (AvgIpc) is 3.17. The summed E-state index contributed by atoms with van der Waals surface area (Å²) in [7, 11) is 1.27. The van der Waals surface area contributed by atoms with E-state index < -0.39 is 5.97 Å². The molecule has 27 heavy (non-hydrogen) atoms. The number of ether oxygens (including phenoxy) is 1. The zero-order chi connectivity index (χ0) is 19.4. The summed E-state index contributed by atoms with van der Waals surface area (Å²) in [6, 6.07) is 16.4. The standard InChI is InChI=1S/C20H17NO4S2/c1-12(22)18-8-9-19(26-18)13-4-3-5-15(10-13)27-21-14-6-7-16(17(23)11-14)20(24)25-2/h3-11,21,23H,1-2H3. The number of methoxy groups -OCH3 is 1. The molecule has 5 nitrogen and oxygen atoms in total. The van der Waals surface area contributed by atoms with Crippen LogP contribution in [-0.2, 0) is 4.74 Å². The second-order valence-electron chi connectivity index (χ2n) is 5.68. The number of hydrogen-bond donors (Lipinski definition) is 2. The van der Waals surface area contributed by atoms with Gasteiger partial charge in [-0.3, -0.25) is 4.79 Å². The summed E-state index contributed by atoms with van der Waals surface area (Å²) in [5, 5.41) is 9.95. The first-order valence-electron chi connectivity index (χ1n) is 8.03. The fourth-order valence-corrected chi connectivity index (χ4v) is 3.98. The number of ketones is 1. The molecule has 2 aromatic carbocycles. The molecule has 0 saturated carbocycles. The number of benzene rings is 2. The third kappa shape index (κ3) is 4.50. The molecule has 3 rings (SSSR count). The number of phenols is 1. The fourth-order valence-electron chi connectivity index (χ4n) is 2.39. The van der Waals surface area contributed by atoms with E-state index in [2.05, 4.69) is 9.46 Å². The number of anilines is 1. The van der Waals surface area contributed by atoms with Crippen LogP contribution in [0.25, 0.3) is 10.4 Å². The Balaban J connectivity index is 1.72. The minimum atomic E-state index is -0.583. The second kappa shape index (κ2) is 8.28. The Hall–Kier alpha value is -2.77. The summed E-state index contributed by atoms with van der Waals surface area (Å²) < 4.78 is 7.76. The van der Waals surface area contributed by atoms with Crippen LogP contribution in [-0.4, -0.2) is 24.0 Å². The molecule has 1 aromatic heterocycles. The molecular weight excluding hydrogens is 382 g/mol. The second-order valence-corrected chi connectivity index (χ2v) is 7.64. The van der Waals surface area contributed by atoms with Crippen molar-refractivity contribution in [3.63, 3.8) is 0 Å². The molecule has 0 fully saturated rings. The zero-order valence-electron chi connectivity index (χ0n) is 14.7. The molecule has 0 unspecified atom stereocenters. The number of hydrogen-bond acceptors (Lipinski definition) is 7. The molecule has 0 radical (unpaired) electrons. The minimum Gasteiger partial charge on any atom is -0.507 e. The van der Waals surface area contributed by atoms with Gasteiger partial charge >= 0.3 is 5.97 Å². The largest absolute Gasteiger partial charge is 0.507 e. The van der Waals surface area contributed by atoms with Gasteiger partial charge in [0.1, 0.15) is 11.3 Å². The number of esters is 1. The average molecular weight is 399 g/mol. The Kier molecular flexibility index (Phi) is 5.83. The number of rotatable bonds is 6. The molecule has 0 aliphatic heterocycles. The van der Waals surface area contributed by atoms with E-state index in [1.807, 2.05) is 36.4 Å². The van der Waals surface area contributed by atoms with Gasteiger partial charge in [-0.1, -0.05) is 12.1 Å². The van der Waals surface area contributed by atoms with E-state index in [1.54, 1.807) is 13.0 Å². The van der Waals surface area contributed by atoms with Crippen molar-refractivity contribution < 1.29 is 19.4 Å². The SMILES string of the molecule is COC(=O)c1ccc(NSc2cccc(-c3ccc(C(C)=O)s3)c2)cc1O. The highest BCUT2D eigenvalue weighted by molar-refractivity contribution is 8.00. The van der Waals surface area contributed by atoms with Gasteiger partial charge in [-0.2, -0.15) is 0 Å². The van der Waals surface area contributed by atoms with E-state index in [-0.39, 0.29) is 17.1 Å². The molecule has 0 aliphatic rings. The van der Waals surface area contributed by atoms with Crippen molar-refractivity contribution in [3.8, 4) is 16.2 Å². The van der Waals surface area contributed by atoms with Crippen molar-refractivity contribution >= 4 is 40.7 Å². The molecular formula is C20H17NO4S2. The normalized spacial score (nSPS) is 10.4. The summed E-state index contributed by atoms with van der Waals surface area (Å²) in [4.78, 5) is 25.7. The van der Waals surface area contributed by atoms with Gasteiger partial charge < -0.3 is 14.6 Å². The lowest BCUT2D eigenvalue weighted by Gasteiger charge is -2.09. The summed E-state index contributed by atoms with van der Waals surface area (Å²) in [5.41, 5.74) is 1.81. The smallest absolute Gasteiger partial charge is 0.341 e. The Morgan fingerprint density at radius 2 is 1.93 bits per heavy atom. The summed E-state index contributed by atoms with van der Waals surface area (Å²) in [6.07, 6.45) is 0. The molecule has 0 aliphatic carbocycles. The first-order chi connectivity index (χ1) is 13.0. The molecule has 0 saturated heterocycles. The molecule has 3 aromatic rings. The van der Waals surface area contributed by atoms with Crippen LogP contribution in [0, 0.1) is 0 Å². The number of aromatic hydroxyl groups is 1. The predicted molar refractivity (Wildman–Crippen MR) is 109 cm³/mol. The minimum absolute atomic E-state index is 0.0636. The van der Waals surface area contributed by atoms with Crippen molar-refractivity contribution in [1.82, 2.24) is 0 Å². The molecule has 0 atom stereocenters. The molecule has 1 heterocycles. The highest BCUT2D eigenvalue weighted by Gasteiger charge is 2.12. The van der Waals surface area contributed by atoms with Crippen LogP contribution < -0.4 is 4.72 Å². The molecule has 2 N–H and O–H groups in total. The van der Waals surface area contributed by atoms with Crippen molar-refractivity contribution in [1.29, 1.82) is 0 Å². The van der Waals surface area contributed by atoms with Crippen LogP contribution in [0.15, 0.2) is 59.5 Å². The van der Waals surface area contributed by atoms with Crippen LogP contribution in [0.3, 0.4) is 0 Å². The predicted octanol–water partition coefficient (Wildman–Crippen LogP) is 5.23. The third-order valence-electron chi connectivity index (χ3n) is 3.76. The molecule has 0 spiro atoms. The van der Waals surface area contributed by atoms with Gasteiger partial charge in [0.15, 0.2) is 5.78 Å². The van der Waals surface area contributed by atoms with Crippen LogP contribution in [0.2, 0.25) is 0 Å². The first kappa shape index (κ1) is 19.0. The van der Waals surface area contributed by atoms with Crippen molar-refractivity contribution in [2.24, 2.45) is 0 Å². The Bertz CT molecular complexity index is 997. The van der Waals surface area contributed by atoms with E-state index in [0.717, 1.165) is 20.2 Å². The van der Waals surface area contributed by atoms with Crippen LogP contribution in [0.5, 0.6) is 5.75 Å². The van der Waals surface area contributed by atoms with E-state index in [0.29, 0.717) is 5.69 Å². The maximum Gasteiger partial charge on any atom is 0.341 e. The lowest BCUT2D eigenvalue weighted by atomic mass is 10.2. The van der Waals surface area contributed by atoms with Gasteiger partial charge in [0, 0.05) is 21.5 Å². The lowest BCUT2D eigenvalue weighted by Crippen LogP contribution is -2.01. The topological polar surface area (TPSA) is 75.6 Å². The van der Waals surface area contributed by atoms with Gasteiger partial charge in [-0.25, -0.2) is 4.79 Å². The summed E-state index contributed by atoms with van der Waals surface area (Å²) in [5.74, 6) is -0.662. The fraction of sp³-hybridized carbons (Fsp3) is 0.100. The van der Waals surface area contributed by atoms with Crippen LogP contribution in [0.1, 0.15) is 27.0 Å². The van der Waals surface area contributed by atoms with E-state index >= 15 is 0 Å². The quantitative estimate of drug-likeness (QED) is 0.336. The maximum absolute atomic E-state index is 11.5. The molecule has 0 bridgehead atoms. The summed E-state index contributed by atoms with van der Waals surface area (Å²) >= 11 is 2.85. The number of Topliss-reactive ketones (excluding diaryl/α,β-unsaturated/α-hetero) is 1. The highest BCUT2D eigenvalue weighted by Crippen LogP contribution is 2.32. The Labute approximate surface area is 165 Å². The monoisotopic (exact) mass is 399 g/mol. The van der Waals surface area contributed by atoms with Crippen LogP contribution >= 0.6 is 23.3 Å². The summed E-state index contributed by atoms with van der Waals surface area (Å²) in [6.45, 7) is 1.56. The number of nitrogens with one attached hydrogen (secondary N) is 1. The molecule has 0 amide bonds. The van der Waals surface area contributed by atoms with Crippen molar-refractivity contribution in [3.05, 3.63) is 65.0 Å². The van der Waals surface area contributed by atoms with Gasteiger partial charge in [0.25, 0.3) is 0 Å². The molecule has 7 heteroatoms. The number of carbonyl (C=O) groups excluding carboxylic acids is 2. The van der Waals surface area contributed by atoms with Gasteiger partial charge in [0.2, 0.25) is 0 Å². The van der Waals surface area contributed by atoms with Gasteiger partial charge in [-0.15, -0.1) is 11.3 Å². The van der Waals surface area contributed by atoms with Gasteiger partial charge in [0.05, 0.1) is 12.0 Å². The van der Waals surface area contributed by atoms with Crippen molar-refractivity contribution in [2.75, 3.05) is 11.8 Å². The molecule has 138 valence electrons. The van der Waals surface area contributed by atoms with Crippen LogP contribution in [0.4, 0.5) is 5.69 Å². The Morgan fingerprint density at radius 1 is 1.11 bits per heavy atom. The number of thiophene rings is 1. The van der Waals surface area contributed by atoms with Gasteiger partial charge in [-0.05, 0) is 60.8 Å². The van der Waals surface area contributed by atoms with Crippen molar-refractivity contribution in [2.45, 2.75) is 11.8 Å². The Morgan fingerprint density at radius 3 is 2.59 bits per heavy atom. The third-order valence-corrected chi connectivity index (χ3v) is 5.82. The zero-order valence-corrected chi connectivity index (χ0v) is 16.3. The van der Waals surface area contributed by atoms with E-state index in [9.17, 15) is 14.7 Å². The first-order valence-corrected chi connectivity index (χ1v) is 9.66. The lowest BCUT2D eigenvalue weighted by molar-refractivity contribution is 0.0597. The highest BCUT2D eigenvalue weighted by atomic mass is 32.2.